The third kappa shape index (κ3) is 9.09. The Labute approximate surface area is 378 Å². The van der Waals surface area contributed by atoms with E-state index in [9.17, 15) is 22.8 Å². The van der Waals surface area contributed by atoms with Gasteiger partial charge in [0.05, 0.1) is 36.7 Å². The van der Waals surface area contributed by atoms with Gasteiger partial charge in [-0.25, -0.2) is 18.2 Å². The minimum Gasteiger partial charge on any atom is -0.497 e. The van der Waals surface area contributed by atoms with Crippen molar-refractivity contribution < 1.29 is 46.5 Å². The number of nitrogens with zero attached hydrogens (tertiary/aromatic N) is 2. The summed E-state index contributed by atoms with van der Waals surface area (Å²) in [5.41, 5.74) is -0.321. The lowest BCUT2D eigenvalue weighted by atomic mass is 9.88. The van der Waals surface area contributed by atoms with E-state index in [2.05, 4.69) is 22.3 Å². The maximum absolute atomic E-state index is 15.1. The van der Waals surface area contributed by atoms with Crippen LogP contribution in [-0.4, -0.2) is 98.0 Å². The first-order valence-corrected chi connectivity index (χ1v) is 24.4. The molecule has 9 atom stereocenters. The number of rotatable bonds is 10. The molecular weight excluding hydrogens is 862 g/mol. The van der Waals surface area contributed by atoms with Crippen molar-refractivity contribution in [3.8, 4) is 28.6 Å². The van der Waals surface area contributed by atoms with E-state index in [1.54, 1.807) is 25.3 Å². The quantitative estimate of drug-likeness (QED) is 0.193. The molecule has 4 saturated carbocycles. The lowest BCUT2D eigenvalue weighted by molar-refractivity contribution is -0.142. The number of aromatic nitrogens is 1. The van der Waals surface area contributed by atoms with Gasteiger partial charge in [0.25, 0.3) is 5.91 Å². The highest BCUT2D eigenvalue weighted by Gasteiger charge is 2.62. The fourth-order valence-corrected chi connectivity index (χ4v) is 11.7. The third-order valence-corrected chi connectivity index (χ3v) is 16.2. The summed E-state index contributed by atoms with van der Waals surface area (Å²) < 4.78 is 51.9. The number of allylic oxidation sites excluding steroid dienone is 1. The summed E-state index contributed by atoms with van der Waals surface area (Å²) in [5, 5.41) is 7.00. The third-order valence-electron chi connectivity index (χ3n) is 14.1. The van der Waals surface area contributed by atoms with E-state index >= 15 is 4.79 Å². The molecule has 3 aromatic rings. The molecule has 3 heterocycles. The van der Waals surface area contributed by atoms with Gasteiger partial charge in [0.2, 0.25) is 27.7 Å². The van der Waals surface area contributed by atoms with E-state index in [1.165, 1.54) is 12.0 Å². The summed E-state index contributed by atoms with van der Waals surface area (Å²) in [7, 11) is -0.826. The smallest absolute Gasteiger partial charge is 0.408 e. The second-order valence-electron chi connectivity index (χ2n) is 18.9. The highest BCUT2D eigenvalue weighted by molar-refractivity contribution is 7.91. The number of pyridine rings is 1. The molecule has 0 spiro atoms. The Hall–Kier alpha value is -5.09. The highest BCUT2D eigenvalue weighted by atomic mass is 35.5. The number of hydrogen-bond acceptors (Lipinski definition) is 11. The van der Waals surface area contributed by atoms with Crippen LogP contribution in [0.2, 0.25) is 5.02 Å². The minimum atomic E-state index is -3.93. The number of benzene rings is 2. The monoisotopic (exact) mass is 917 g/mol. The molecule has 9 unspecified atom stereocenters. The Balaban J connectivity index is 1.06. The zero-order valence-corrected chi connectivity index (χ0v) is 38.1. The number of alkyl carbamates (subject to hydrolysis) is 1. The van der Waals surface area contributed by atoms with Crippen LogP contribution in [0.3, 0.4) is 0 Å². The summed E-state index contributed by atoms with van der Waals surface area (Å²) in [6.45, 7) is 3.96. The van der Waals surface area contributed by atoms with E-state index in [0.29, 0.717) is 70.7 Å². The zero-order valence-electron chi connectivity index (χ0n) is 36.5. The molecule has 5 fully saturated rings. The molecule has 1 aromatic heterocycles. The molecule has 2 aromatic carbocycles. The minimum absolute atomic E-state index is 0.000865. The van der Waals surface area contributed by atoms with Crippen LogP contribution in [-0.2, 0) is 29.1 Å². The van der Waals surface area contributed by atoms with Gasteiger partial charge in [0.15, 0.2) is 0 Å². The van der Waals surface area contributed by atoms with E-state index in [0.717, 1.165) is 31.1 Å². The first-order chi connectivity index (χ1) is 30.6. The van der Waals surface area contributed by atoms with Crippen LogP contribution in [0.4, 0.5) is 4.79 Å². The maximum Gasteiger partial charge on any atom is 0.408 e. The second-order valence-corrected chi connectivity index (χ2v) is 21.2. The van der Waals surface area contributed by atoms with Crippen LogP contribution >= 0.6 is 11.6 Å². The van der Waals surface area contributed by atoms with Crippen molar-refractivity contribution in [1.29, 1.82) is 0 Å². The van der Waals surface area contributed by atoms with Gasteiger partial charge in [-0.2, -0.15) is 0 Å². The number of sulfonamides is 1. The molecule has 0 radical (unpaired) electrons. The number of fused-ring (bicyclic) bond motifs is 4. The Morgan fingerprint density at radius 1 is 0.938 bits per heavy atom. The highest BCUT2D eigenvalue weighted by Crippen LogP contribution is 2.52. The van der Waals surface area contributed by atoms with Crippen LogP contribution in [0.1, 0.15) is 78.1 Å². The summed E-state index contributed by atoms with van der Waals surface area (Å²) in [6, 6.07) is 10.5. The predicted octanol–water partition coefficient (Wildman–Crippen LogP) is 6.31. The van der Waals surface area contributed by atoms with Gasteiger partial charge in [0, 0.05) is 23.3 Å². The molecular formula is C47H56ClN5O10S. The van der Waals surface area contributed by atoms with Crippen molar-refractivity contribution in [2.45, 2.75) is 113 Å². The molecule has 9 rings (SSSR count). The summed E-state index contributed by atoms with van der Waals surface area (Å²) in [6.07, 6.45) is 8.10. The molecule has 6 aliphatic rings. The molecule has 1 saturated heterocycles. The summed E-state index contributed by atoms with van der Waals surface area (Å²) in [4.78, 5) is 63.9. The van der Waals surface area contributed by atoms with Gasteiger partial charge in [-0.05, 0) is 129 Å². The number of ether oxygens (including phenoxy) is 4. The van der Waals surface area contributed by atoms with Gasteiger partial charge in [-0.3, -0.25) is 19.1 Å². The summed E-state index contributed by atoms with van der Waals surface area (Å²) in [5.74, 6) is -0.0760. The second kappa shape index (κ2) is 17.4. The normalized spacial score (nSPS) is 31.3. The van der Waals surface area contributed by atoms with Crippen LogP contribution in [0.15, 0.2) is 54.6 Å². The maximum atomic E-state index is 15.1. The van der Waals surface area contributed by atoms with Gasteiger partial charge in [-0.1, -0.05) is 37.6 Å². The summed E-state index contributed by atoms with van der Waals surface area (Å²) >= 11 is 6.55. The number of halogens is 1. The van der Waals surface area contributed by atoms with Crippen molar-refractivity contribution in [2.24, 2.45) is 29.6 Å². The molecule has 4 aliphatic carbocycles. The number of amides is 4. The Morgan fingerprint density at radius 2 is 1.72 bits per heavy atom. The fraction of sp³-hybridized carbons (Fsp3) is 0.553. The SMILES string of the molecule is COc1ccc2c(OC3CC4C(=O)NC5(C(=O)NS(=O)(=O)C6CC6)CC5C=CCCC(C)CC(C)C(NC(=O)OC5CC6CC6C5)C(=O)N4C3)nc(-c3ccc(OC)c(Cl)c3)cc2c1. The lowest BCUT2D eigenvalue weighted by Gasteiger charge is -2.33. The van der Waals surface area contributed by atoms with Crippen molar-refractivity contribution in [3.05, 3.63) is 59.6 Å². The van der Waals surface area contributed by atoms with Gasteiger partial charge < -0.3 is 34.5 Å². The Kier molecular flexibility index (Phi) is 12.0. The topological polar surface area (TPSA) is 192 Å². The van der Waals surface area contributed by atoms with Gasteiger partial charge >= 0.3 is 6.09 Å². The number of carbonyl (C=O) groups excluding carboxylic acids is 4. The predicted molar refractivity (Wildman–Crippen MR) is 238 cm³/mol. The van der Waals surface area contributed by atoms with Crippen LogP contribution in [0.25, 0.3) is 22.0 Å². The molecule has 64 heavy (non-hydrogen) atoms. The number of nitrogens with one attached hydrogen (secondary N) is 3. The molecule has 15 nitrogen and oxygen atoms in total. The van der Waals surface area contributed by atoms with Crippen LogP contribution < -0.4 is 29.6 Å². The first kappa shape index (κ1) is 44.1. The molecule has 3 N–H and O–H groups in total. The Bertz CT molecular complexity index is 2490. The first-order valence-electron chi connectivity index (χ1n) is 22.5. The van der Waals surface area contributed by atoms with Crippen molar-refractivity contribution in [3.63, 3.8) is 0 Å². The average molecular weight is 919 g/mol. The molecule has 342 valence electrons. The van der Waals surface area contributed by atoms with E-state index in [-0.39, 0.29) is 43.2 Å². The fourth-order valence-electron chi connectivity index (χ4n) is 10.1. The van der Waals surface area contributed by atoms with Crippen LogP contribution in [0.5, 0.6) is 17.4 Å². The average Bonchev–Trinajstić information content (AvgIpc) is 4.23. The van der Waals surface area contributed by atoms with E-state index < -0.39 is 68.7 Å². The number of methoxy groups -OCH3 is 2. The van der Waals surface area contributed by atoms with Crippen molar-refractivity contribution >= 4 is 56.2 Å². The van der Waals surface area contributed by atoms with Gasteiger partial charge in [-0.15, -0.1) is 0 Å². The van der Waals surface area contributed by atoms with E-state index in [4.69, 9.17) is 35.5 Å². The molecule has 2 aliphatic heterocycles. The molecule has 0 bridgehead atoms. The standard InChI is InChI=1S/C47H56ClN5O10S/c1-25-7-5-6-8-31-23-47(31,45(56)52-64(58,59)35-11-12-35)51-42(54)39-22-34(24-53(39)44(55)41(26(2)15-25)50-46(57)63-33-17-28-16-29(28)18-33)62-43-36-13-10-32(60-3)19-30(36)21-38(49-43)27-9-14-40(61-4)37(48)20-27/h6,8-10,13-14,19-21,25-26,28-29,31,33-35,39,41H,5,7,11-12,15-18,22-24H2,1-4H3,(H,50,57)(H,51,54)(H,52,56). The van der Waals surface area contributed by atoms with Crippen LogP contribution in [0, 0.1) is 29.6 Å². The number of carbonyl (C=O) groups is 4. The lowest BCUT2D eigenvalue weighted by Crippen LogP contribution is -2.59. The van der Waals surface area contributed by atoms with Crippen molar-refractivity contribution in [1.82, 2.24) is 25.2 Å². The van der Waals surface area contributed by atoms with Crippen molar-refractivity contribution in [2.75, 3.05) is 20.8 Å². The molecule has 4 amide bonds. The zero-order chi connectivity index (χ0) is 45.1. The largest absolute Gasteiger partial charge is 0.497 e. The Morgan fingerprint density at radius 3 is 2.44 bits per heavy atom. The van der Waals surface area contributed by atoms with Gasteiger partial charge in [0.1, 0.15) is 41.3 Å². The number of hydrogen-bond donors (Lipinski definition) is 3. The van der Waals surface area contributed by atoms with E-state index in [1.807, 2.05) is 43.3 Å². The molecule has 17 heteroatoms.